The minimum Gasteiger partial charge on any atom is -0.455 e. The molecule has 0 amide bonds. The van der Waals surface area contributed by atoms with Crippen molar-refractivity contribution in [3.63, 3.8) is 0 Å². The molecule has 3 N–H and O–H groups in total. The molecule has 0 unspecified atom stereocenters. The lowest BCUT2D eigenvalue weighted by atomic mass is 10.2. The Morgan fingerprint density at radius 3 is 2.45 bits per heavy atom. The van der Waals surface area contributed by atoms with Gasteiger partial charge in [-0.05, 0) is 30.3 Å². The van der Waals surface area contributed by atoms with E-state index in [1.165, 1.54) is 0 Å². The van der Waals surface area contributed by atoms with Crippen LogP contribution in [0.5, 0.6) is 11.5 Å². The molecule has 0 aromatic heterocycles. The molecule has 20 heavy (non-hydrogen) atoms. The van der Waals surface area contributed by atoms with Gasteiger partial charge in [-0.2, -0.15) is 0 Å². The average molecular weight is 332 g/mol. The van der Waals surface area contributed by atoms with Crippen LogP contribution in [0.15, 0.2) is 41.6 Å². The third kappa shape index (κ3) is 3.10. The molecule has 0 bridgehead atoms. The minimum atomic E-state index is -0.157. The molecule has 7 heteroatoms. The van der Waals surface area contributed by atoms with Gasteiger partial charge in [0.2, 0.25) is 0 Å². The van der Waals surface area contributed by atoms with Gasteiger partial charge in [0.25, 0.3) is 0 Å². The largest absolute Gasteiger partial charge is 0.455 e. The van der Waals surface area contributed by atoms with Gasteiger partial charge in [0.15, 0.2) is 5.84 Å². The van der Waals surface area contributed by atoms with Crippen LogP contribution in [0.3, 0.4) is 0 Å². The van der Waals surface area contributed by atoms with Crippen molar-refractivity contribution in [1.29, 1.82) is 0 Å². The van der Waals surface area contributed by atoms with Crippen molar-refractivity contribution >= 4 is 40.6 Å². The smallest absolute Gasteiger partial charge is 0.175 e. The molecule has 0 spiro atoms. The van der Waals surface area contributed by atoms with Gasteiger partial charge in [-0.3, -0.25) is 0 Å². The highest BCUT2D eigenvalue weighted by Gasteiger charge is 2.14. The topological polar surface area (TPSA) is 67.8 Å². The Labute approximate surface area is 130 Å². The summed E-state index contributed by atoms with van der Waals surface area (Å²) >= 11 is 17.9. The van der Waals surface area contributed by atoms with Crippen LogP contribution >= 0.6 is 34.8 Å². The molecule has 2 rings (SSSR count). The quantitative estimate of drug-likeness (QED) is 0.376. The molecule has 4 nitrogen and oxygen atoms in total. The number of hydrogen-bond acceptors (Lipinski definition) is 3. The van der Waals surface area contributed by atoms with E-state index in [9.17, 15) is 0 Å². The molecule has 0 aliphatic carbocycles. The number of benzene rings is 2. The highest BCUT2D eigenvalue weighted by atomic mass is 35.5. The predicted octanol–water partition coefficient (Wildman–Crippen LogP) is 4.53. The summed E-state index contributed by atoms with van der Waals surface area (Å²) in [5, 5.41) is 12.9. The zero-order valence-electron chi connectivity index (χ0n) is 9.98. The molecule has 0 saturated heterocycles. The lowest BCUT2D eigenvalue weighted by Gasteiger charge is -2.12. The van der Waals surface area contributed by atoms with E-state index in [2.05, 4.69) is 5.16 Å². The summed E-state index contributed by atoms with van der Waals surface area (Å²) in [6.07, 6.45) is 0. The van der Waals surface area contributed by atoms with E-state index in [1.807, 2.05) is 0 Å². The van der Waals surface area contributed by atoms with Gasteiger partial charge in [-0.1, -0.05) is 46.0 Å². The predicted molar refractivity (Wildman–Crippen MR) is 80.5 cm³/mol. The first-order valence-electron chi connectivity index (χ1n) is 5.42. The van der Waals surface area contributed by atoms with E-state index in [1.54, 1.807) is 36.4 Å². The van der Waals surface area contributed by atoms with Crippen molar-refractivity contribution in [3.05, 3.63) is 57.0 Å². The van der Waals surface area contributed by atoms with Gasteiger partial charge >= 0.3 is 0 Å². The van der Waals surface area contributed by atoms with E-state index < -0.39 is 0 Å². The first kappa shape index (κ1) is 14.8. The highest BCUT2D eigenvalue weighted by Crippen LogP contribution is 2.35. The lowest BCUT2D eigenvalue weighted by Crippen LogP contribution is -2.14. The standard InChI is InChI=1S/C13H9Cl3N2O2/c14-7-4-5-10(9(16)6-7)20-11-3-1-2-8(15)12(11)13(17)18-19/h1-6,19H,(H2,17,18). The summed E-state index contributed by atoms with van der Waals surface area (Å²) in [5.74, 6) is 0.540. The molecule has 104 valence electrons. The SMILES string of the molecule is NC(=NO)c1c(Cl)cccc1Oc1ccc(Cl)cc1Cl. The lowest BCUT2D eigenvalue weighted by molar-refractivity contribution is 0.318. The van der Waals surface area contributed by atoms with Crippen molar-refractivity contribution in [2.75, 3.05) is 0 Å². The molecular weight excluding hydrogens is 323 g/mol. The van der Waals surface area contributed by atoms with Crippen LogP contribution in [-0.4, -0.2) is 11.0 Å². The van der Waals surface area contributed by atoms with Gasteiger partial charge in [-0.15, -0.1) is 0 Å². The maximum Gasteiger partial charge on any atom is 0.175 e. The van der Waals surface area contributed by atoms with Gasteiger partial charge in [0.1, 0.15) is 11.5 Å². The Morgan fingerprint density at radius 2 is 1.80 bits per heavy atom. The monoisotopic (exact) mass is 330 g/mol. The van der Waals surface area contributed by atoms with Crippen molar-refractivity contribution in [2.45, 2.75) is 0 Å². The fourth-order valence-electron chi connectivity index (χ4n) is 1.56. The number of rotatable bonds is 3. The Kier molecular flexibility index (Phi) is 4.60. The summed E-state index contributed by atoms with van der Waals surface area (Å²) in [5.41, 5.74) is 5.87. The Balaban J connectivity index is 2.46. The third-order valence-electron chi connectivity index (χ3n) is 2.45. The number of halogens is 3. The summed E-state index contributed by atoms with van der Waals surface area (Å²) in [6.45, 7) is 0. The number of hydrogen-bond donors (Lipinski definition) is 2. The second-order valence-corrected chi connectivity index (χ2v) is 5.03. The van der Waals surface area contributed by atoms with E-state index in [0.29, 0.717) is 26.6 Å². The minimum absolute atomic E-state index is 0.157. The van der Waals surface area contributed by atoms with Crippen molar-refractivity contribution in [2.24, 2.45) is 10.9 Å². The van der Waals surface area contributed by atoms with Gasteiger partial charge < -0.3 is 15.7 Å². The molecular formula is C13H9Cl3N2O2. The van der Waals surface area contributed by atoms with Crippen LogP contribution in [0.4, 0.5) is 0 Å². The second-order valence-electron chi connectivity index (χ2n) is 3.78. The Morgan fingerprint density at radius 1 is 1.05 bits per heavy atom. The third-order valence-corrected chi connectivity index (χ3v) is 3.30. The van der Waals surface area contributed by atoms with Crippen molar-refractivity contribution < 1.29 is 9.94 Å². The number of ether oxygens (including phenoxy) is 1. The van der Waals surface area contributed by atoms with Crippen LogP contribution < -0.4 is 10.5 Å². The van der Waals surface area contributed by atoms with E-state index >= 15 is 0 Å². The summed E-state index contributed by atoms with van der Waals surface area (Å²) in [6, 6.07) is 9.70. The molecule has 2 aromatic carbocycles. The fourth-order valence-corrected chi connectivity index (χ4v) is 2.27. The fraction of sp³-hybridized carbons (Fsp3) is 0. The number of amidine groups is 1. The zero-order valence-corrected chi connectivity index (χ0v) is 12.2. The van der Waals surface area contributed by atoms with Crippen molar-refractivity contribution in [3.8, 4) is 11.5 Å². The van der Waals surface area contributed by atoms with Crippen LogP contribution in [0.2, 0.25) is 15.1 Å². The van der Waals surface area contributed by atoms with Gasteiger partial charge in [0.05, 0.1) is 15.6 Å². The maximum absolute atomic E-state index is 8.80. The highest BCUT2D eigenvalue weighted by molar-refractivity contribution is 6.35. The molecule has 0 aliphatic heterocycles. The maximum atomic E-state index is 8.80. The van der Waals surface area contributed by atoms with E-state index in [4.69, 9.17) is 50.5 Å². The normalized spacial score (nSPS) is 11.4. The molecule has 0 aliphatic rings. The van der Waals surface area contributed by atoms with E-state index in [-0.39, 0.29) is 11.4 Å². The van der Waals surface area contributed by atoms with E-state index in [0.717, 1.165) is 0 Å². The summed E-state index contributed by atoms with van der Waals surface area (Å²) in [4.78, 5) is 0. The molecule has 0 radical (unpaired) electrons. The molecule has 0 atom stereocenters. The molecule has 0 fully saturated rings. The Hall–Kier alpha value is -1.62. The number of nitrogens with zero attached hydrogens (tertiary/aromatic N) is 1. The van der Waals surface area contributed by atoms with Crippen molar-refractivity contribution in [1.82, 2.24) is 0 Å². The zero-order chi connectivity index (χ0) is 14.7. The van der Waals surface area contributed by atoms with Crippen LogP contribution in [0.1, 0.15) is 5.56 Å². The van der Waals surface area contributed by atoms with Gasteiger partial charge in [-0.25, -0.2) is 0 Å². The van der Waals surface area contributed by atoms with Gasteiger partial charge in [0, 0.05) is 5.02 Å². The molecule has 0 saturated carbocycles. The number of nitrogens with two attached hydrogens (primary N) is 1. The second kappa shape index (κ2) is 6.22. The summed E-state index contributed by atoms with van der Waals surface area (Å²) < 4.78 is 5.65. The Bertz CT molecular complexity index is 675. The average Bonchev–Trinajstić information content (AvgIpc) is 2.41. The first-order valence-corrected chi connectivity index (χ1v) is 6.55. The van der Waals surface area contributed by atoms with Crippen LogP contribution in [0, 0.1) is 0 Å². The first-order chi connectivity index (χ1) is 9.52. The molecule has 2 aromatic rings. The summed E-state index contributed by atoms with van der Waals surface area (Å²) in [7, 11) is 0. The number of oxime groups is 1. The molecule has 0 heterocycles. The van der Waals surface area contributed by atoms with Crippen LogP contribution in [0.25, 0.3) is 0 Å². The van der Waals surface area contributed by atoms with Crippen LogP contribution in [-0.2, 0) is 0 Å².